The van der Waals surface area contributed by atoms with E-state index in [1.54, 1.807) is 0 Å². The average Bonchev–Trinajstić information content (AvgIpc) is 2.31. The van der Waals surface area contributed by atoms with Gasteiger partial charge in [-0.05, 0) is 32.1 Å². The number of piperazine rings is 1. The van der Waals surface area contributed by atoms with E-state index < -0.39 is 5.54 Å². The Balaban J connectivity index is 3.21. The molecule has 0 aromatic rings. The molecule has 3 atom stereocenters. The van der Waals surface area contributed by atoms with Crippen molar-refractivity contribution in [2.75, 3.05) is 0 Å². The molecule has 1 N–H and O–H groups in total. The fraction of sp³-hybridized carbons (Fsp3) is 0.867. The molecule has 4 nitrogen and oxygen atoms in total. The van der Waals surface area contributed by atoms with Crippen LogP contribution in [0.5, 0.6) is 0 Å². The minimum Gasteiger partial charge on any atom is -0.340 e. The highest BCUT2D eigenvalue weighted by atomic mass is 16.2. The van der Waals surface area contributed by atoms with Crippen LogP contribution in [0.15, 0.2) is 0 Å². The van der Waals surface area contributed by atoms with Gasteiger partial charge in [0.05, 0.1) is 0 Å². The Hall–Kier alpha value is -1.06. The molecule has 0 spiro atoms. The van der Waals surface area contributed by atoms with Crippen LogP contribution in [0.4, 0.5) is 0 Å². The number of carbonyl (C=O) groups is 2. The van der Waals surface area contributed by atoms with Crippen molar-refractivity contribution in [2.24, 2.45) is 5.41 Å². The van der Waals surface area contributed by atoms with E-state index in [4.69, 9.17) is 0 Å². The Labute approximate surface area is 116 Å². The van der Waals surface area contributed by atoms with E-state index in [1.807, 2.05) is 32.6 Å². The van der Waals surface area contributed by atoms with Crippen LogP contribution in [0, 0.1) is 5.41 Å². The third-order valence-corrected chi connectivity index (χ3v) is 4.51. The highest BCUT2D eigenvalue weighted by molar-refractivity contribution is 5.99. The lowest BCUT2D eigenvalue weighted by Gasteiger charge is -2.49. The molecule has 19 heavy (non-hydrogen) atoms. The van der Waals surface area contributed by atoms with Crippen molar-refractivity contribution in [1.29, 1.82) is 0 Å². The van der Waals surface area contributed by atoms with Gasteiger partial charge in [0.15, 0.2) is 0 Å². The second-order valence-electron chi connectivity index (χ2n) is 6.85. The molecule has 1 aliphatic rings. The number of nitrogens with zero attached hydrogens (tertiary/aromatic N) is 1. The SMILES string of the molecule is CCC1C(=O)NC(C)(CC)C(=O)N1C(C)C(C)(C)C. The topological polar surface area (TPSA) is 49.4 Å². The van der Waals surface area contributed by atoms with Gasteiger partial charge in [-0.25, -0.2) is 0 Å². The molecule has 0 aliphatic carbocycles. The Morgan fingerprint density at radius 2 is 1.84 bits per heavy atom. The lowest BCUT2D eigenvalue weighted by molar-refractivity contribution is -0.159. The second-order valence-corrected chi connectivity index (χ2v) is 6.85. The fourth-order valence-corrected chi connectivity index (χ4v) is 2.45. The zero-order valence-electron chi connectivity index (χ0n) is 13.3. The van der Waals surface area contributed by atoms with Crippen LogP contribution in [0.1, 0.15) is 61.3 Å². The molecule has 1 rings (SSSR count). The zero-order valence-corrected chi connectivity index (χ0v) is 13.3. The summed E-state index contributed by atoms with van der Waals surface area (Å²) >= 11 is 0. The molecule has 3 unspecified atom stereocenters. The third-order valence-electron chi connectivity index (χ3n) is 4.51. The van der Waals surface area contributed by atoms with E-state index in [0.29, 0.717) is 12.8 Å². The molecule has 0 aromatic carbocycles. The molecule has 1 aliphatic heterocycles. The molecule has 0 saturated carbocycles. The molecule has 0 radical (unpaired) electrons. The smallest absolute Gasteiger partial charge is 0.248 e. The zero-order chi connectivity index (χ0) is 15.0. The van der Waals surface area contributed by atoms with Gasteiger partial charge in [-0.3, -0.25) is 9.59 Å². The largest absolute Gasteiger partial charge is 0.340 e. The van der Waals surface area contributed by atoms with Gasteiger partial charge in [0.2, 0.25) is 11.8 Å². The Kier molecular flexibility index (Phi) is 4.33. The number of rotatable bonds is 3. The van der Waals surface area contributed by atoms with Gasteiger partial charge >= 0.3 is 0 Å². The summed E-state index contributed by atoms with van der Waals surface area (Å²) in [5, 5.41) is 2.90. The van der Waals surface area contributed by atoms with Gasteiger partial charge in [-0.15, -0.1) is 0 Å². The van der Waals surface area contributed by atoms with Crippen LogP contribution < -0.4 is 5.32 Å². The molecule has 110 valence electrons. The third kappa shape index (κ3) is 2.77. The quantitative estimate of drug-likeness (QED) is 0.854. The lowest BCUT2D eigenvalue weighted by Crippen LogP contribution is -2.71. The second kappa shape index (κ2) is 5.14. The van der Waals surface area contributed by atoms with E-state index in [9.17, 15) is 9.59 Å². The predicted octanol–water partition coefficient (Wildman–Crippen LogP) is 2.33. The molecule has 1 fully saturated rings. The summed E-state index contributed by atoms with van der Waals surface area (Å²) in [5.74, 6) is 0.0198. The predicted molar refractivity (Wildman–Crippen MR) is 76.7 cm³/mol. The fourth-order valence-electron chi connectivity index (χ4n) is 2.45. The number of nitrogens with one attached hydrogen (secondary N) is 1. The van der Waals surface area contributed by atoms with Crippen molar-refractivity contribution >= 4 is 11.8 Å². The van der Waals surface area contributed by atoms with Crippen LogP contribution in [-0.4, -0.2) is 34.3 Å². The normalized spacial score (nSPS) is 30.3. The average molecular weight is 268 g/mol. The maximum atomic E-state index is 12.8. The molecule has 0 aromatic heterocycles. The van der Waals surface area contributed by atoms with Crippen LogP contribution in [0.25, 0.3) is 0 Å². The Morgan fingerprint density at radius 3 is 2.21 bits per heavy atom. The summed E-state index contributed by atoms with van der Waals surface area (Å²) in [4.78, 5) is 26.9. The summed E-state index contributed by atoms with van der Waals surface area (Å²) < 4.78 is 0. The van der Waals surface area contributed by atoms with E-state index >= 15 is 0 Å². The first-order valence-corrected chi connectivity index (χ1v) is 7.23. The first-order valence-electron chi connectivity index (χ1n) is 7.23. The molecule has 1 heterocycles. The van der Waals surface area contributed by atoms with Crippen molar-refractivity contribution in [2.45, 2.75) is 78.9 Å². The van der Waals surface area contributed by atoms with Gasteiger partial charge in [0.1, 0.15) is 11.6 Å². The van der Waals surface area contributed by atoms with Crippen LogP contribution in [0.2, 0.25) is 0 Å². The molecule has 0 bridgehead atoms. The van der Waals surface area contributed by atoms with Crippen molar-refractivity contribution in [1.82, 2.24) is 10.2 Å². The van der Waals surface area contributed by atoms with Crippen molar-refractivity contribution in [3.8, 4) is 0 Å². The molecular formula is C15H28N2O2. The monoisotopic (exact) mass is 268 g/mol. The minimum absolute atomic E-state index is 0.0254. The maximum absolute atomic E-state index is 12.8. The van der Waals surface area contributed by atoms with E-state index in [1.165, 1.54) is 0 Å². The van der Waals surface area contributed by atoms with Crippen molar-refractivity contribution in [3.05, 3.63) is 0 Å². The molecule has 2 amide bonds. The van der Waals surface area contributed by atoms with E-state index in [0.717, 1.165) is 0 Å². The number of hydrogen-bond acceptors (Lipinski definition) is 2. The van der Waals surface area contributed by atoms with Crippen LogP contribution >= 0.6 is 0 Å². The summed E-state index contributed by atoms with van der Waals surface area (Å²) in [5.41, 5.74) is -0.808. The highest BCUT2D eigenvalue weighted by Crippen LogP contribution is 2.32. The first kappa shape index (κ1) is 16.0. The minimum atomic E-state index is -0.762. The molecular weight excluding hydrogens is 240 g/mol. The summed E-state index contributed by atoms with van der Waals surface area (Å²) in [6.07, 6.45) is 1.26. The van der Waals surface area contributed by atoms with Gasteiger partial charge < -0.3 is 10.2 Å². The van der Waals surface area contributed by atoms with Gasteiger partial charge in [0, 0.05) is 6.04 Å². The first-order chi connectivity index (χ1) is 8.58. The molecule has 4 heteroatoms. The summed E-state index contributed by atoms with van der Waals surface area (Å²) in [6, 6.07) is -0.316. The Bertz CT molecular complexity index is 373. The van der Waals surface area contributed by atoms with Crippen LogP contribution in [0.3, 0.4) is 0 Å². The Morgan fingerprint density at radius 1 is 1.32 bits per heavy atom. The summed E-state index contributed by atoms with van der Waals surface area (Å²) in [7, 11) is 0. The van der Waals surface area contributed by atoms with Crippen LogP contribution in [-0.2, 0) is 9.59 Å². The number of carbonyl (C=O) groups excluding carboxylic acids is 2. The van der Waals surface area contributed by atoms with Gasteiger partial charge in [-0.2, -0.15) is 0 Å². The van der Waals surface area contributed by atoms with Gasteiger partial charge in [0.25, 0.3) is 0 Å². The van der Waals surface area contributed by atoms with Crippen molar-refractivity contribution < 1.29 is 9.59 Å². The highest BCUT2D eigenvalue weighted by Gasteiger charge is 2.49. The van der Waals surface area contributed by atoms with Crippen molar-refractivity contribution in [3.63, 3.8) is 0 Å². The van der Waals surface area contributed by atoms with E-state index in [2.05, 4.69) is 26.1 Å². The summed E-state index contributed by atoms with van der Waals surface area (Å²) in [6.45, 7) is 14.1. The lowest BCUT2D eigenvalue weighted by atomic mass is 9.82. The number of amides is 2. The van der Waals surface area contributed by atoms with E-state index in [-0.39, 0.29) is 29.3 Å². The molecule has 1 saturated heterocycles. The number of hydrogen-bond donors (Lipinski definition) is 1. The standard InChI is InChI=1S/C15H28N2O2/c1-8-11-12(18)16-15(7,9-2)13(19)17(11)10(3)14(4,5)6/h10-11H,8-9H2,1-7H3,(H,16,18). The maximum Gasteiger partial charge on any atom is 0.248 e. The van der Waals surface area contributed by atoms with Gasteiger partial charge in [-0.1, -0.05) is 34.6 Å².